The molecule has 0 bridgehead atoms. The topological polar surface area (TPSA) is 50.7 Å². The largest absolute Gasteiger partial charge is 0.369 e. The molecule has 0 atom stereocenters. The summed E-state index contributed by atoms with van der Waals surface area (Å²) in [5.41, 5.74) is 4.93. The molecule has 21 heavy (non-hydrogen) atoms. The molecule has 1 aromatic carbocycles. The van der Waals surface area contributed by atoms with Crippen molar-refractivity contribution in [2.45, 2.75) is 20.8 Å². The summed E-state index contributed by atoms with van der Waals surface area (Å²) in [7, 11) is 0. The Morgan fingerprint density at radius 1 is 0.952 bits per heavy atom. The van der Waals surface area contributed by atoms with Crippen molar-refractivity contribution in [1.29, 1.82) is 0 Å². The Balaban J connectivity index is 2.12. The maximum atomic E-state index is 4.70. The summed E-state index contributed by atoms with van der Waals surface area (Å²) in [6.07, 6.45) is 0. The van der Waals surface area contributed by atoms with Gasteiger partial charge < -0.3 is 5.32 Å². The Morgan fingerprint density at radius 3 is 2.57 bits per heavy atom. The van der Waals surface area contributed by atoms with Crippen molar-refractivity contribution in [1.82, 2.24) is 15.2 Å². The van der Waals surface area contributed by atoms with Gasteiger partial charge in [-0.05, 0) is 44.0 Å². The highest BCUT2D eigenvalue weighted by Gasteiger charge is 2.12. The Hall–Kier alpha value is -2.49. The van der Waals surface area contributed by atoms with E-state index in [1.807, 2.05) is 24.3 Å². The van der Waals surface area contributed by atoms with Gasteiger partial charge in [0.15, 0.2) is 5.82 Å². The van der Waals surface area contributed by atoms with Gasteiger partial charge in [0.05, 0.1) is 11.2 Å². The van der Waals surface area contributed by atoms with E-state index >= 15 is 0 Å². The lowest BCUT2D eigenvalue weighted by Gasteiger charge is -2.11. The second-order valence-electron chi connectivity index (χ2n) is 5.07. The molecule has 0 amide bonds. The fourth-order valence-electron chi connectivity index (χ4n) is 2.38. The SMILES string of the molecule is CCNc1nnc(-c2ccc3ccccc3n2)c(C)c1C. The molecule has 106 valence electrons. The number of rotatable bonds is 3. The van der Waals surface area contributed by atoms with E-state index in [0.29, 0.717) is 0 Å². The molecule has 0 radical (unpaired) electrons. The molecular weight excluding hydrogens is 260 g/mol. The Labute approximate surface area is 124 Å². The molecule has 0 unspecified atom stereocenters. The molecule has 0 saturated heterocycles. The van der Waals surface area contributed by atoms with Crippen molar-refractivity contribution >= 4 is 16.7 Å². The van der Waals surface area contributed by atoms with Crippen LogP contribution in [-0.2, 0) is 0 Å². The lowest BCUT2D eigenvalue weighted by Crippen LogP contribution is -2.06. The van der Waals surface area contributed by atoms with Crippen LogP contribution in [0, 0.1) is 13.8 Å². The Kier molecular flexibility index (Phi) is 3.52. The molecule has 0 saturated carbocycles. The molecule has 0 aliphatic rings. The van der Waals surface area contributed by atoms with Crippen molar-refractivity contribution < 1.29 is 0 Å². The second-order valence-corrected chi connectivity index (χ2v) is 5.07. The molecule has 2 aromatic heterocycles. The number of anilines is 1. The lowest BCUT2D eigenvalue weighted by molar-refractivity contribution is 0.982. The normalized spacial score (nSPS) is 10.8. The van der Waals surface area contributed by atoms with Crippen molar-refractivity contribution in [3.63, 3.8) is 0 Å². The van der Waals surface area contributed by atoms with Crippen LogP contribution in [0.2, 0.25) is 0 Å². The summed E-state index contributed by atoms with van der Waals surface area (Å²) in [4.78, 5) is 4.70. The van der Waals surface area contributed by atoms with Crippen molar-refractivity contribution in [2.75, 3.05) is 11.9 Å². The minimum Gasteiger partial charge on any atom is -0.369 e. The number of nitrogens with zero attached hydrogens (tertiary/aromatic N) is 3. The first-order chi connectivity index (χ1) is 10.2. The highest BCUT2D eigenvalue weighted by molar-refractivity contribution is 5.81. The van der Waals surface area contributed by atoms with Crippen LogP contribution in [0.15, 0.2) is 36.4 Å². The van der Waals surface area contributed by atoms with Crippen LogP contribution in [0.5, 0.6) is 0 Å². The monoisotopic (exact) mass is 278 g/mol. The minimum absolute atomic E-state index is 0.836. The first-order valence-electron chi connectivity index (χ1n) is 7.14. The van der Waals surface area contributed by atoms with Gasteiger partial charge in [-0.15, -0.1) is 10.2 Å². The van der Waals surface area contributed by atoms with Crippen LogP contribution in [0.25, 0.3) is 22.3 Å². The number of hydrogen-bond acceptors (Lipinski definition) is 4. The zero-order valence-corrected chi connectivity index (χ0v) is 12.5. The molecule has 3 aromatic rings. The number of aromatic nitrogens is 3. The molecule has 0 aliphatic heterocycles. The van der Waals surface area contributed by atoms with Gasteiger partial charge in [-0.25, -0.2) is 4.98 Å². The van der Waals surface area contributed by atoms with E-state index in [1.165, 1.54) is 0 Å². The Morgan fingerprint density at radius 2 is 1.76 bits per heavy atom. The summed E-state index contributed by atoms with van der Waals surface area (Å²) in [6, 6.07) is 12.2. The van der Waals surface area contributed by atoms with E-state index in [-0.39, 0.29) is 0 Å². The van der Waals surface area contributed by atoms with Crippen molar-refractivity contribution in [2.24, 2.45) is 0 Å². The molecule has 4 heteroatoms. The van der Waals surface area contributed by atoms with E-state index in [4.69, 9.17) is 4.98 Å². The van der Waals surface area contributed by atoms with Crippen LogP contribution in [0.3, 0.4) is 0 Å². The van der Waals surface area contributed by atoms with Gasteiger partial charge in [0.2, 0.25) is 0 Å². The second kappa shape index (κ2) is 5.48. The molecule has 2 heterocycles. The number of fused-ring (bicyclic) bond motifs is 1. The van der Waals surface area contributed by atoms with E-state index < -0.39 is 0 Å². The molecule has 3 rings (SSSR count). The van der Waals surface area contributed by atoms with Gasteiger partial charge in [-0.2, -0.15) is 0 Å². The first-order valence-corrected chi connectivity index (χ1v) is 7.14. The van der Waals surface area contributed by atoms with Crippen LogP contribution in [0.4, 0.5) is 5.82 Å². The fraction of sp³-hybridized carbons (Fsp3) is 0.235. The number of nitrogens with one attached hydrogen (secondary N) is 1. The third kappa shape index (κ3) is 2.44. The number of pyridine rings is 1. The van der Waals surface area contributed by atoms with E-state index in [9.17, 15) is 0 Å². The average Bonchev–Trinajstić information content (AvgIpc) is 2.52. The van der Waals surface area contributed by atoms with Crippen LogP contribution in [-0.4, -0.2) is 21.7 Å². The predicted octanol–water partition coefficient (Wildman–Crippen LogP) is 3.74. The highest BCUT2D eigenvalue weighted by Crippen LogP contribution is 2.26. The maximum absolute atomic E-state index is 4.70. The summed E-state index contributed by atoms with van der Waals surface area (Å²) >= 11 is 0. The first kappa shape index (κ1) is 13.5. The summed E-state index contributed by atoms with van der Waals surface area (Å²) < 4.78 is 0. The molecule has 0 spiro atoms. The molecule has 4 nitrogen and oxygen atoms in total. The van der Waals surface area contributed by atoms with Gasteiger partial charge in [0.25, 0.3) is 0 Å². The van der Waals surface area contributed by atoms with E-state index in [2.05, 4.69) is 48.4 Å². The van der Waals surface area contributed by atoms with Crippen molar-refractivity contribution in [3.05, 3.63) is 47.5 Å². The van der Waals surface area contributed by atoms with Crippen LogP contribution >= 0.6 is 0 Å². The number of para-hydroxylation sites is 1. The molecule has 1 N–H and O–H groups in total. The van der Waals surface area contributed by atoms with E-state index in [1.54, 1.807) is 0 Å². The van der Waals surface area contributed by atoms with Gasteiger partial charge in [-0.1, -0.05) is 24.3 Å². The summed E-state index contributed by atoms with van der Waals surface area (Å²) in [5, 5.41) is 13.0. The maximum Gasteiger partial charge on any atom is 0.151 e. The molecule has 0 fully saturated rings. The van der Waals surface area contributed by atoms with Crippen molar-refractivity contribution in [3.8, 4) is 11.4 Å². The third-order valence-corrected chi connectivity index (χ3v) is 3.71. The van der Waals surface area contributed by atoms with Gasteiger partial charge in [-0.3, -0.25) is 0 Å². The predicted molar refractivity (Wildman–Crippen MR) is 86.4 cm³/mol. The number of hydrogen-bond donors (Lipinski definition) is 1. The zero-order valence-electron chi connectivity index (χ0n) is 12.5. The van der Waals surface area contributed by atoms with Gasteiger partial charge in [0, 0.05) is 11.9 Å². The fourth-order valence-corrected chi connectivity index (χ4v) is 2.38. The molecular formula is C17H18N4. The summed E-state index contributed by atoms with van der Waals surface area (Å²) in [5.74, 6) is 0.847. The summed E-state index contributed by atoms with van der Waals surface area (Å²) in [6.45, 7) is 7.02. The Bertz CT molecular complexity index is 796. The van der Waals surface area contributed by atoms with Crippen LogP contribution < -0.4 is 5.32 Å². The van der Waals surface area contributed by atoms with Gasteiger partial charge >= 0.3 is 0 Å². The van der Waals surface area contributed by atoms with Crippen LogP contribution in [0.1, 0.15) is 18.1 Å². The quantitative estimate of drug-likeness (QED) is 0.793. The lowest BCUT2D eigenvalue weighted by atomic mass is 10.1. The standard InChI is InChI=1S/C17H18N4/c1-4-18-17-12(3)11(2)16(20-21-17)15-10-9-13-7-5-6-8-14(13)19-15/h5-10H,4H2,1-3H3,(H,18,21). The van der Waals surface area contributed by atoms with Gasteiger partial charge in [0.1, 0.15) is 5.69 Å². The zero-order chi connectivity index (χ0) is 14.8. The molecule has 0 aliphatic carbocycles. The minimum atomic E-state index is 0.836. The number of benzene rings is 1. The highest BCUT2D eigenvalue weighted by atomic mass is 15.2. The third-order valence-electron chi connectivity index (χ3n) is 3.71. The smallest absolute Gasteiger partial charge is 0.151 e. The van der Waals surface area contributed by atoms with E-state index in [0.717, 1.165) is 45.8 Å². The average molecular weight is 278 g/mol.